The SMILES string of the molecule is Nc1cccc(-c2ccc3nccn3c2)n1. The van der Waals surface area contributed by atoms with Gasteiger partial charge in [0.1, 0.15) is 11.5 Å². The van der Waals surface area contributed by atoms with Crippen LogP contribution >= 0.6 is 0 Å². The Morgan fingerprint density at radius 1 is 1.12 bits per heavy atom. The van der Waals surface area contributed by atoms with Crippen LogP contribution in [-0.4, -0.2) is 14.4 Å². The number of fused-ring (bicyclic) bond motifs is 1. The Bertz CT molecular complexity index is 642. The van der Waals surface area contributed by atoms with Crippen LogP contribution in [0.15, 0.2) is 48.9 Å². The van der Waals surface area contributed by atoms with E-state index < -0.39 is 0 Å². The zero-order valence-corrected chi connectivity index (χ0v) is 8.54. The highest BCUT2D eigenvalue weighted by Crippen LogP contribution is 2.18. The quantitative estimate of drug-likeness (QED) is 0.668. The van der Waals surface area contributed by atoms with Crippen molar-refractivity contribution in [1.82, 2.24) is 14.4 Å². The fourth-order valence-electron chi connectivity index (χ4n) is 1.68. The number of aromatic nitrogens is 3. The third kappa shape index (κ3) is 1.40. The summed E-state index contributed by atoms with van der Waals surface area (Å²) in [7, 11) is 0. The Balaban J connectivity index is 2.18. The molecule has 0 saturated heterocycles. The molecule has 0 unspecified atom stereocenters. The number of anilines is 1. The van der Waals surface area contributed by atoms with Gasteiger partial charge in [-0.3, -0.25) is 0 Å². The van der Waals surface area contributed by atoms with Gasteiger partial charge >= 0.3 is 0 Å². The minimum atomic E-state index is 0.531. The Labute approximate surface area is 92.4 Å². The van der Waals surface area contributed by atoms with Gasteiger partial charge in [-0.2, -0.15) is 0 Å². The van der Waals surface area contributed by atoms with E-state index in [1.54, 1.807) is 12.3 Å². The van der Waals surface area contributed by atoms with E-state index in [0.29, 0.717) is 5.82 Å². The topological polar surface area (TPSA) is 56.2 Å². The number of nitrogen functional groups attached to an aromatic ring is 1. The summed E-state index contributed by atoms with van der Waals surface area (Å²) >= 11 is 0. The van der Waals surface area contributed by atoms with Gasteiger partial charge in [0.05, 0.1) is 5.69 Å². The van der Waals surface area contributed by atoms with E-state index in [0.717, 1.165) is 16.9 Å². The van der Waals surface area contributed by atoms with Crippen LogP contribution in [0.2, 0.25) is 0 Å². The Kier molecular flexibility index (Phi) is 1.86. The summed E-state index contributed by atoms with van der Waals surface area (Å²) in [6, 6.07) is 9.56. The van der Waals surface area contributed by atoms with Crippen molar-refractivity contribution >= 4 is 11.5 Å². The fraction of sp³-hybridized carbons (Fsp3) is 0. The van der Waals surface area contributed by atoms with Gasteiger partial charge in [0.25, 0.3) is 0 Å². The van der Waals surface area contributed by atoms with Crippen LogP contribution in [-0.2, 0) is 0 Å². The van der Waals surface area contributed by atoms with E-state index in [1.165, 1.54) is 0 Å². The first-order chi connectivity index (χ1) is 7.83. The van der Waals surface area contributed by atoms with E-state index in [1.807, 2.05) is 41.1 Å². The fourth-order valence-corrected chi connectivity index (χ4v) is 1.68. The van der Waals surface area contributed by atoms with Crippen LogP contribution in [0.3, 0.4) is 0 Å². The molecule has 16 heavy (non-hydrogen) atoms. The highest BCUT2D eigenvalue weighted by molar-refractivity contribution is 5.62. The molecule has 0 saturated carbocycles. The second kappa shape index (κ2) is 3.34. The van der Waals surface area contributed by atoms with Crippen molar-refractivity contribution in [3.8, 4) is 11.3 Å². The van der Waals surface area contributed by atoms with Crippen LogP contribution in [0, 0.1) is 0 Å². The molecule has 4 heteroatoms. The van der Waals surface area contributed by atoms with Crippen molar-refractivity contribution in [3.63, 3.8) is 0 Å². The summed E-state index contributed by atoms with van der Waals surface area (Å²) in [5.74, 6) is 0.531. The van der Waals surface area contributed by atoms with Gasteiger partial charge in [-0.25, -0.2) is 9.97 Å². The van der Waals surface area contributed by atoms with Crippen molar-refractivity contribution in [1.29, 1.82) is 0 Å². The molecule has 0 aliphatic heterocycles. The van der Waals surface area contributed by atoms with Crippen LogP contribution in [0.1, 0.15) is 0 Å². The molecule has 3 aromatic heterocycles. The van der Waals surface area contributed by atoms with Crippen LogP contribution in [0.4, 0.5) is 5.82 Å². The van der Waals surface area contributed by atoms with Gasteiger partial charge < -0.3 is 10.1 Å². The lowest BCUT2D eigenvalue weighted by Crippen LogP contribution is -1.92. The average molecular weight is 210 g/mol. The van der Waals surface area contributed by atoms with Crippen LogP contribution < -0.4 is 5.73 Å². The first-order valence-electron chi connectivity index (χ1n) is 4.98. The molecule has 0 spiro atoms. The van der Waals surface area contributed by atoms with Crippen molar-refractivity contribution < 1.29 is 0 Å². The number of nitrogens with zero attached hydrogens (tertiary/aromatic N) is 3. The van der Waals surface area contributed by atoms with Crippen molar-refractivity contribution in [2.75, 3.05) is 5.73 Å². The summed E-state index contributed by atoms with van der Waals surface area (Å²) < 4.78 is 1.96. The molecule has 0 fully saturated rings. The molecule has 0 bridgehead atoms. The minimum Gasteiger partial charge on any atom is -0.384 e. The third-order valence-electron chi connectivity index (χ3n) is 2.46. The van der Waals surface area contributed by atoms with Gasteiger partial charge in [0.15, 0.2) is 0 Å². The zero-order valence-electron chi connectivity index (χ0n) is 8.54. The van der Waals surface area contributed by atoms with Crippen molar-refractivity contribution in [3.05, 3.63) is 48.9 Å². The zero-order chi connectivity index (χ0) is 11.0. The molecule has 0 atom stereocenters. The molecule has 0 amide bonds. The molecule has 0 aliphatic carbocycles. The van der Waals surface area contributed by atoms with E-state index >= 15 is 0 Å². The van der Waals surface area contributed by atoms with E-state index in [9.17, 15) is 0 Å². The molecular formula is C12H10N4. The van der Waals surface area contributed by atoms with Crippen LogP contribution in [0.25, 0.3) is 16.9 Å². The second-order valence-electron chi connectivity index (χ2n) is 3.56. The van der Waals surface area contributed by atoms with Gasteiger partial charge in [-0.05, 0) is 24.3 Å². The summed E-state index contributed by atoms with van der Waals surface area (Å²) in [6.07, 6.45) is 5.67. The maximum atomic E-state index is 5.66. The summed E-state index contributed by atoms with van der Waals surface area (Å²) in [6.45, 7) is 0. The van der Waals surface area contributed by atoms with Gasteiger partial charge in [-0.1, -0.05) is 6.07 Å². The van der Waals surface area contributed by atoms with Crippen molar-refractivity contribution in [2.45, 2.75) is 0 Å². The molecule has 0 radical (unpaired) electrons. The Morgan fingerprint density at radius 2 is 2.06 bits per heavy atom. The summed E-state index contributed by atoms with van der Waals surface area (Å²) in [4.78, 5) is 8.47. The molecular weight excluding hydrogens is 200 g/mol. The highest BCUT2D eigenvalue weighted by Gasteiger charge is 2.01. The lowest BCUT2D eigenvalue weighted by Gasteiger charge is -2.02. The first-order valence-corrected chi connectivity index (χ1v) is 4.98. The average Bonchev–Trinajstić information content (AvgIpc) is 2.75. The number of hydrogen-bond acceptors (Lipinski definition) is 3. The van der Waals surface area contributed by atoms with Gasteiger partial charge in [-0.15, -0.1) is 0 Å². The maximum Gasteiger partial charge on any atom is 0.136 e. The smallest absolute Gasteiger partial charge is 0.136 e. The lowest BCUT2D eigenvalue weighted by molar-refractivity contribution is 1.18. The second-order valence-corrected chi connectivity index (χ2v) is 3.56. The third-order valence-corrected chi connectivity index (χ3v) is 2.46. The molecule has 3 rings (SSSR count). The maximum absolute atomic E-state index is 5.66. The number of pyridine rings is 2. The predicted octanol–water partition coefficient (Wildman–Crippen LogP) is 1.98. The predicted molar refractivity (Wildman–Crippen MR) is 62.8 cm³/mol. The number of imidazole rings is 1. The van der Waals surface area contributed by atoms with Gasteiger partial charge in [0.2, 0.25) is 0 Å². The normalized spacial score (nSPS) is 10.8. The number of hydrogen-bond donors (Lipinski definition) is 1. The summed E-state index contributed by atoms with van der Waals surface area (Å²) in [5, 5.41) is 0. The van der Waals surface area contributed by atoms with Crippen LogP contribution in [0.5, 0.6) is 0 Å². The molecule has 3 heterocycles. The standard InChI is InChI=1S/C12H10N4/c13-11-3-1-2-10(15-11)9-4-5-12-14-6-7-16(12)8-9/h1-8H,(H2,13,15). The number of nitrogens with two attached hydrogens (primary N) is 1. The van der Waals surface area contributed by atoms with Gasteiger partial charge in [0, 0.05) is 24.2 Å². The Morgan fingerprint density at radius 3 is 2.94 bits per heavy atom. The Hall–Kier alpha value is -2.36. The lowest BCUT2D eigenvalue weighted by atomic mass is 10.2. The highest BCUT2D eigenvalue weighted by atomic mass is 15.0. The van der Waals surface area contributed by atoms with Crippen molar-refractivity contribution in [2.24, 2.45) is 0 Å². The van der Waals surface area contributed by atoms with E-state index in [2.05, 4.69) is 9.97 Å². The summed E-state index contributed by atoms with van der Waals surface area (Å²) in [5.41, 5.74) is 8.48. The largest absolute Gasteiger partial charge is 0.384 e. The molecule has 0 aliphatic rings. The molecule has 3 aromatic rings. The molecule has 78 valence electrons. The van der Waals surface area contributed by atoms with E-state index in [-0.39, 0.29) is 0 Å². The monoisotopic (exact) mass is 210 g/mol. The molecule has 2 N–H and O–H groups in total. The molecule has 4 nitrogen and oxygen atoms in total. The minimum absolute atomic E-state index is 0.531. The molecule has 0 aromatic carbocycles. The first kappa shape index (κ1) is 8.91. The van der Waals surface area contributed by atoms with E-state index in [4.69, 9.17) is 5.73 Å². The number of rotatable bonds is 1.